The lowest BCUT2D eigenvalue weighted by Gasteiger charge is -2.42. The van der Waals surface area contributed by atoms with E-state index < -0.39 is 0 Å². The summed E-state index contributed by atoms with van der Waals surface area (Å²) in [4.78, 5) is 7.09. The largest absolute Gasteiger partial charge is 0.297 e. The topological polar surface area (TPSA) is 9.72 Å². The van der Waals surface area contributed by atoms with Gasteiger partial charge >= 0.3 is 0 Å². The van der Waals surface area contributed by atoms with Crippen LogP contribution in [0.5, 0.6) is 0 Å². The second-order valence-corrected chi connectivity index (χ2v) is 10.8. The molecule has 142 valence electrons. The predicted octanol–water partition coefficient (Wildman–Crippen LogP) is 4.92. The summed E-state index contributed by atoms with van der Waals surface area (Å²) in [6.07, 6.45) is 0. The van der Waals surface area contributed by atoms with Gasteiger partial charge in [0, 0.05) is 22.2 Å². The maximum atomic E-state index is 2.38. The van der Waals surface area contributed by atoms with Gasteiger partial charge < -0.3 is 0 Å². The van der Waals surface area contributed by atoms with E-state index in [-0.39, 0.29) is 22.2 Å². The Morgan fingerprint density at radius 1 is 0.435 bits per heavy atom. The van der Waals surface area contributed by atoms with Crippen LogP contribution in [0.25, 0.3) is 0 Å². The highest BCUT2D eigenvalue weighted by atomic mass is 15.3. The molecule has 0 N–H and O–H groups in total. The minimum absolute atomic E-state index is 0.250. The second kappa shape index (κ2) is 8.31. The normalized spacial score (nSPS) is 14.3. The van der Waals surface area contributed by atoms with Crippen molar-refractivity contribution >= 4 is 0 Å². The monoisotopic (exact) mass is 329 g/mol. The van der Waals surface area contributed by atoms with Crippen LogP contribution in [0.15, 0.2) is 0 Å². The van der Waals surface area contributed by atoms with Crippen molar-refractivity contribution < 1.29 is 0 Å². The van der Waals surface area contributed by atoms with Gasteiger partial charge in [0.05, 0.1) is 6.67 Å². The van der Waals surface area contributed by atoms with Crippen LogP contribution in [0.2, 0.25) is 0 Å². The molecule has 0 saturated heterocycles. The molecule has 0 amide bonds. The van der Waals surface area contributed by atoms with Crippen LogP contribution in [-0.4, -0.2) is 64.7 Å². The average molecular weight is 330 g/mol. The van der Waals surface area contributed by atoms with Crippen LogP contribution < -0.4 is 0 Å². The van der Waals surface area contributed by atoms with E-state index in [1.807, 2.05) is 0 Å². The summed E-state index contributed by atoms with van der Waals surface area (Å²) in [5.41, 5.74) is 1.05. The highest BCUT2D eigenvalue weighted by Gasteiger charge is 2.27. The van der Waals surface area contributed by atoms with Crippen LogP contribution >= 0.6 is 0 Å². The molecule has 0 saturated carbocycles. The van der Waals surface area contributed by atoms with Crippen molar-refractivity contribution in [3.63, 3.8) is 0 Å². The minimum atomic E-state index is 0.250. The summed E-state index contributed by atoms with van der Waals surface area (Å²) in [5.74, 6) is 0. The summed E-state index contributed by atoms with van der Waals surface area (Å²) >= 11 is 0. The van der Waals surface area contributed by atoms with Crippen molar-refractivity contribution in [1.29, 1.82) is 0 Å². The van der Waals surface area contributed by atoms with Crippen LogP contribution in [0.3, 0.4) is 0 Å². The van der Waals surface area contributed by atoms with E-state index in [1.54, 1.807) is 0 Å². The molecule has 0 aliphatic carbocycles. The molecule has 0 aromatic heterocycles. The standard InChI is InChI=1S/C11H26N2.C9H21N/c1-10(2,3)12(7)9-13(8)11(4,5)6;1-8(2,3)10(7)9(4,5)6/h9H2,1-8H3;1-7H3. The van der Waals surface area contributed by atoms with E-state index in [0.29, 0.717) is 0 Å². The fraction of sp³-hybridized carbons (Fsp3) is 1.00. The fourth-order valence-electron chi connectivity index (χ4n) is 1.75. The lowest BCUT2D eigenvalue weighted by atomic mass is 9.98. The van der Waals surface area contributed by atoms with Gasteiger partial charge in [-0.25, -0.2) is 0 Å². The Labute approximate surface area is 148 Å². The molecule has 0 aliphatic heterocycles. The van der Waals surface area contributed by atoms with E-state index in [2.05, 4.69) is 119 Å². The van der Waals surface area contributed by atoms with Crippen molar-refractivity contribution in [2.24, 2.45) is 0 Å². The maximum absolute atomic E-state index is 2.38. The molecule has 23 heavy (non-hydrogen) atoms. The van der Waals surface area contributed by atoms with Gasteiger partial charge in [-0.15, -0.1) is 0 Å². The molecule has 0 aromatic rings. The first-order valence-electron chi connectivity index (χ1n) is 8.87. The molecule has 0 heterocycles. The van der Waals surface area contributed by atoms with E-state index in [0.717, 1.165) is 6.67 Å². The molecule has 0 rings (SSSR count). The summed E-state index contributed by atoms with van der Waals surface area (Å²) in [5, 5.41) is 0. The number of rotatable bonds is 2. The molecule has 0 aromatic carbocycles. The van der Waals surface area contributed by atoms with Crippen molar-refractivity contribution in [2.75, 3.05) is 27.8 Å². The molecule has 0 fully saturated rings. The minimum Gasteiger partial charge on any atom is -0.297 e. The third-order valence-corrected chi connectivity index (χ3v) is 4.73. The summed E-state index contributed by atoms with van der Waals surface area (Å²) in [7, 11) is 6.50. The average Bonchev–Trinajstić information content (AvgIpc) is 2.23. The molecule has 0 atom stereocenters. The third-order valence-electron chi connectivity index (χ3n) is 4.73. The molecular formula is C20H47N3. The zero-order valence-electron chi connectivity index (χ0n) is 19.0. The molecule has 0 aliphatic rings. The van der Waals surface area contributed by atoms with E-state index in [9.17, 15) is 0 Å². The molecule has 0 spiro atoms. The first-order valence-corrected chi connectivity index (χ1v) is 8.87. The summed E-state index contributed by atoms with van der Waals surface area (Å²) in [6, 6.07) is 0. The second-order valence-electron chi connectivity index (χ2n) is 10.8. The first-order chi connectivity index (χ1) is 9.70. The Bertz CT molecular complexity index is 289. The van der Waals surface area contributed by atoms with E-state index >= 15 is 0 Å². The van der Waals surface area contributed by atoms with Gasteiger partial charge in [-0.05, 0) is 104 Å². The Balaban J connectivity index is 0. The smallest absolute Gasteiger partial charge is 0.0510 e. The Morgan fingerprint density at radius 3 is 0.739 bits per heavy atom. The molecule has 3 heteroatoms. The van der Waals surface area contributed by atoms with Gasteiger partial charge in [-0.1, -0.05) is 0 Å². The Hall–Kier alpha value is -0.120. The zero-order valence-corrected chi connectivity index (χ0v) is 19.0. The SMILES string of the molecule is CN(C(C)(C)C)C(C)(C)C.CN(CN(C)C(C)(C)C)C(C)(C)C. The van der Waals surface area contributed by atoms with E-state index in [1.165, 1.54) is 0 Å². The van der Waals surface area contributed by atoms with Gasteiger partial charge in [0.25, 0.3) is 0 Å². The van der Waals surface area contributed by atoms with Crippen LogP contribution in [0.1, 0.15) is 83.1 Å². The van der Waals surface area contributed by atoms with Gasteiger partial charge in [0.15, 0.2) is 0 Å². The Kier molecular flexibility index (Phi) is 9.08. The van der Waals surface area contributed by atoms with Gasteiger partial charge in [0.2, 0.25) is 0 Å². The highest BCUT2D eigenvalue weighted by molar-refractivity contribution is 4.83. The van der Waals surface area contributed by atoms with Gasteiger partial charge in [-0.2, -0.15) is 0 Å². The molecule has 0 radical (unpaired) electrons. The van der Waals surface area contributed by atoms with Crippen molar-refractivity contribution in [3.05, 3.63) is 0 Å². The summed E-state index contributed by atoms with van der Waals surface area (Å²) < 4.78 is 0. The fourth-order valence-corrected chi connectivity index (χ4v) is 1.75. The zero-order chi connectivity index (χ0) is 19.4. The van der Waals surface area contributed by atoms with Crippen molar-refractivity contribution in [1.82, 2.24) is 14.7 Å². The van der Waals surface area contributed by atoms with Gasteiger partial charge in [0.1, 0.15) is 0 Å². The lowest BCUT2D eigenvalue weighted by molar-refractivity contribution is 0.0482. The van der Waals surface area contributed by atoms with Crippen LogP contribution in [0.4, 0.5) is 0 Å². The van der Waals surface area contributed by atoms with Crippen LogP contribution in [-0.2, 0) is 0 Å². The Morgan fingerprint density at radius 2 is 0.652 bits per heavy atom. The third kappa shape index (κ3) is 11.1. The molecule has 3 nitrogen and oxygen atoms in total. The van der Waals surface area contributed by atoms with Gasteiger partial charge in [-0.3, -0.25) is 14.7 Å². The quantitative estimate of drug-likeness (QED) is 0.666. The molecule has 0 bridgehead atoms. The number of hydrogen-bond donors (Lipinski definition) is 0. The summed E-state index contributed by atoms with van der Waals surface area (Å²) in [6.45, 7) is 27.9. The lowest BCUT2D eigenvalue weighted by Crippen LogP contribution is -2.49. The number of nitrogens with zero attached hydrogens (tertiary/aromatic N) is 3. The molecular weight excluding hydrogens is 282 g/mol. The molecule has 0 unspecified atom stereocenters. The first kappa shape index (κ1) is 25.1. The predicted molar refractivity (Wildman–Crippen MR) is 107 cm³/mol. The van der Waals surface area contributed by atoms with E-state index in [4.69, 9.17) is 0 Å². The van der Waals surface area contributed by atoms with Crippen molar-refractivity contribution in [3.8, 4) is 0 Å². The van der Waals surface area contributed by atoms with Crippen LogP contribution in [0, 0.1) is 0 Å². The highest BCUT2D eigenvalue weighted by Crippen LogP contribution is 2.21. The number of hydrogen-bond acceptors (Lipinski definition) is 3. The maximum Gasteiger partial charge on any atom is 0.0510 e. The van der Waals surface area contributed by atoms with Crippen molar-refractivity contribution in [2.45, 2.75) is 105 Å².